The first-order valence-corrected chi connectivity index (χ1v) is 8.00. The van der Waals surface area contributed by atoms with Crippen LogP contribution in [-0.4, -0.2) is 39.5 Å². The highest BCUT2D eigenvalue weighted by molar-refractivity contribution is 7.85. The highest BCUT2D eigenvalue weighted by Crippen LogP contribution is 2.25. The van der Waals surface area contributed by atoms with E-state index in [4.69, 9.17) is 0 Å². The van der Waals surface area contributed by atoms with Crippen LogP contribution in [0.15, 0.2) is 0 Å². The van der Waals surface area contributed by atoms with Gasteiger partial charge in [-0.3, -0.25) is 4.21 Å². The second-order valence-corrected chi connectivity index (χ2v) is 6.82. The first kappa shape index (κ1) is 12.5. The molecule has 0 spiro atoms. The highest BCUT2D eigenvalue weighted by atomic mass is 32.2. The lowest BCUT2D eigenvalue weighted by Crippen LogP contribution is -2.47. The number of hydrogen-bond acceptors (Lipinski definition) is 3. The van der Waals surface area contributed by atoms with E-state index in [9.17, 15) is 9.32 Å². The Bertz CT molecular complexity index is 237. The Kier molecular flexibility index (Phi) is 4.79. The standard InChI is InChI=1S/C12H23NO2S/c14-9-10-3-1-2-4-12(10)13-11-5-7-16(15)8-6-11/h10-14H,1-9H2. The number of hydrogen-bond donors (Lipinski definition) is 2. The molecule has 94 valence electrons. The molecule has 4 heteroatoms. The maximum Gasteiger partial charge on any atom is 0.0474 e. The molecule has 1 saturated carbocycles. The highest BCUT2D eigenvalue weighted by Gasteiger charge is 2.27. The summed E-state index contributed by atoms with van der Waals surface area (Å²) in [7, 11) is -0.567. The summed E-state index contributed by atoms with van der Waals surface area (Å²) in [5, 5.41) is 13.0. The zero-order chi connectivity index (χ0) is 11.4. The summed E-state index contributed by atoms with van der Waals surface area (Å²) < 4.78 is 11.3. The molecule has 0 radical (unpaired) electrons. The third-order valence-electron chi connectivity index (χ3n) is 3.98. The van der Waals surface area contributed by atoms with Gasteiger partial charge in [0.25, 0.3) is 0 Å². The second-order valence-electron chi connectivity index (χ2n) is 5.12. The van der Waals surface area contributed by atoms with Gasteiger partial charge in [0.15, 0.2) is 0 Å². The number of aliphatic hydroxyl groups excluding tert-OH is 1. The minimum atomic E-state index is -0.567. The van der Waals surface area contributed by atoms with Crippen molar-refractivity contribution in [1.29, 1.82) is 0 Å². The number of aliphatic hydroxyl groups is 1. The van der Waals surface area contributed by atoms with Gasteiger partial charge >= 0.3 is 0 Å². The van der Waals surface area contributed by atoms with Gasteiger partial charge < -0.3 is 10.4 Å². The van der Waals surface area contributed by atoms with Gasteiger partial charge in [0.05, 0.1) is 0 Å². The van der Waals surface area contributed by atoms with Gasteiger partial charge in [-0.15, -0.1) is 0 Å². The fraction of sp³-hybridized carbons (Fsp3) is 1.00. The first-order valence-electron chi connectivity index (χ1n) is 6.51. The van der Waals surface area contributed by atoms with Crippen LogP contribution in [0.5, 0.6) is 0 Å². The molecule has 0 aromatic rings. The van der Waals surface area contributed by atoms with Crippen LogP contribution in [0.3, 0.4) is 0 Å². The molecule has 16 heavy (non-hydrogen) atoms. The number of nitrogens with one attached hydrogen (secondary N) is 1. The molecule has 2 rings (SSSR count). The zero-order valence-corrected chi connectivity index (χ0v) is 10.7. The van der Waals surface area contributed by atoms with Gasteiger partial charge in [0, 0.05) is 41.0 Å². The summed E-state index contributed by atoms with van der Waals surface area (Å²) >= 11 is 0. The van der Waals surface area contributed by atoms with Crippen molar-refractivity contribution < 1.29 is 9.32 Å². The average Bonchev–Trinajstić information content (AvgIpc) is 2.33. The minimum Gasteiger partial charge on any atom is -0.396 e. The summed E-state index contributed by atoms with van der Waals surface area (Å²) in [6.45, 7) is 0.316. The maximum absolute atomic E-state index is 11.3. The fourth-order valence-electron chi connectivity index (χ4n) is 2.91. The molecule has 0 aromatic heterocycles. The summed E-state index contributed by atoms with van der Waals surface area (Å²) in [5.74, 6) is 2.16. The van der Waals surface area contributed by atoms with Crippen LogP contribution in [0.1, 0.15) is 38.5 Å². The van der Waals surface area contributed by atoms with Crippen molar-refractivity contribution >= 4 is 10.8 Å². The first-order chi connectivity index (χ1) is 7.79. The number of rotatable bonds is 3. The molecule has 2 N–H and O–H groups in total. The van der Waals surface area contributed by atoms with Crippen LogP contribution in [0.4, 0.5) is 0 Å². The van der Waals surface area contributed by atoms with E-state index in [2.05, 4.69) is 5.32 Å². The van der Waals surface area contributed by atoms with Crippen LogP contribution in [0.2, 0.25) is 0 Å². The van der Waals surface area contributed by atoms with E-state index < -0.39 is 10.8 Å². The Morgan fingerprint density at radius 2 is 1.81 bits per heavy atom. The molecule has 2 fully saturated rings. The quantitative estimate of drug-likeness (QED) is 0.781. The van der Waals surface area contributed by atoms with Crippen molar-refractivity contribution in [2.45, 2.75) is 50.6 Å². The van der Waals surface area contributed by atoms with Crippen molar-refractivity contribution in [3.63, 3.8) is 0 Å². The summed E-state index contributed by atoms with van der Waals surface area (Å²) in [6.07, 6.45) is 6.99. The Morgan fingerprint density at radius 1 is 1.12 bits per heavy atom. The van der Waals surface area contributed by atoms with Gasteiger partial charge in [-0.1, -0.05) is 12.8 Å². The normalized spacial score (nSPS) is 40.8. The molecule has 1 aliphatic heterocycles. The lowest BCUT2D eigenvalue weighted by atomic mass is 9.84. The van der Waals surface area contributed by atoms with Crippen molar-refractivity contribution in [3.05, 3.63) is 0 Å². The van der Waals surface area contributed by atoms with E-state index in [0.29, 0.717) is 24.6 Å². The SMILES string of the molecule is O=S1CCC(NC2CCCCC2CO)CC1. The molecule has 0 aromatic carbocycles. The summed E-state index contributed by atoms with van der Waals surface area (Å²) in [6, 6.07) is 1.03. The van der Waals surface area contributed by atoms with Crippen LogP contribution in [0.25, 0.3) is 0 Å². The second kappa shape index (κ2) is 6.12. The van der Waals surface area contributed by atoms with E-state index in [0.717, 1.165) is 30.8 Å². The Morgan fingerprint density at radius 3 is 2.50 bits per heavy atom. The van der Waals surface area contributed by atoms with Crippen LogP contribution >= 0.6 is 0 Å². The molecule has 1 saturated heterocycles. The third-order valence-corrected chi connectivity index (χ3v) is 5.36. The molecule has 3 nitrogen and oxygen atoms in total. The van der Waals surface area contributed by atoms with Crippen LogP contribution in [-0.2, 0) is 10.8 Å². The van der Waals surface area contributed by atoms with Gasteiger partial charge in [-0.2, -0.15) is 0 Å². The Hall–Kier alpha value is 0.0700. The molecule has 0 bridgehead atoms. The van der Waals surface area contributed by atoms with Crippen LogP contribution < -0.4 is 5.32 Å². The maximum atomic E-state index is 11.3. The molecule has 1 aliphatic carbocycles. The van der Waals surface area contributed by atoms with E-state index >= 15 is 0 Å². The fourth-order valence-corrected chi connectivity index (χ4v) is 4.21. The topological polar surface area (TPSA) is 49.3 Å². The molecular weight excluding hydrogens is 222 g/mol. The molecule has 0 amide bonds. The lowest BCUT2D eigenvalue weighted by molar-refractivity contribution is 0.144. The zero-order valence-electron chi connectivity index (χ0n) is 9.86. The monoisotopic (exact) mass is 245 g/mol. The van der Waals surface area contributed by atoms with Crippen molar-refractivity contribution in [1.82, 2.24) is 5.32 Å². The van der Waals surface area contributed by atoms with E-state index in [-0.39, 0.29) is 0 Å². The molecule has 2 unspecified atom stereocenters. The summed E-state index contributed by atoms with van der Waals surface area (Å²) in [4.78, 5) is 0. The largest absolute Gasteiger partial charge is 0.396 e. The van der Waals surface area contributed by atoms with E-state index in [1.807, 2.05) is 0 Å². The Labute approximate surface area is 100 Å². The van der Waals surface area contributed by atoms with E-state index in [1.165, 1.54) is 19.3 Å². The predicted octanol–water partition coefficient (Wildman–Crippen LogP) is 1.04. The van der Waals surface area contributed by atoms with Crippen molar-refractivity contribution in [2.75, 3.05) is 18.1 Å². The van der Waals surface area contributed by atoms with Gasteiger partial charge in [0.1, 0.15) is 0 Å². The smallest absolute Gasteiger partial charge is 0.0474 e. The van der Waals surface area contributed by atoms with Gasteiger partial charge in [-0.05, 0) is 31.6 Å². The van der Waals surface area contributed by atoms with Gasteiger partial charge in [-0.25, -0.2) is 0 Å². The molecular formula is C12H23NO2S. The van der Waals surface area contributed by atoms with Crippen molar-refractivity contribution in [3.8, 4) is 0 Å². The molecule has 2 aliphatic rings. The van der Waals surface area contributed by atoms with Gasteiger partial charge in [0.2, 0.25) is 0 Å². The minimum absolute atomic E-state index is 0.316. The third kappa shape index (κ3) is 3.28. The van der Waals surface area contributed by atoms with Crippen molar-refractivity contribution in [2.24, 2.45) is 5.92 Å². The molecule has 1 heterocycles. The van der Waals surface area contributed by atoms with Crippen LogP contribution in [0, 0.1) is 5.92 Å². The predicted molar refractivity (Wildman–Crippen MR) is 66.9 cm³/mol. The Balaban J connectivity index is 1.80. The van der Waals surface area contributed by atoms with E-state index in [1.54, 1.807) is 0 Å². The molecule has 2 atom stereocenters. The summed E-state index contributed by atoms with van der Waals surface area (Å²) in [5.41, 5.74) is 0. The lowest BCUT2D eigenvalue weighted by Gasteiger charge is -2.35. The average molecular weight is 245 g/mol.